The Balaban J connectivity index is 1.88. The molecular weight excluding hydrogens is 398 g/mol. The number of hydrogen-bond acceptors (Lipinski definition) is 6. The average molecular weight is 434 g/mol. The van der Waals surface area contributed by atoms with Crippen molar-refractivity contribution >= 4 is 18.0 Å². The van der Waals surface area contributed by atoms with Crippen molar-refractivity contribution in [2.75, 3.05) is 6.54 Å². The van der Waals surface area contributed by atoms with Gasteiger partial charge in [0.25, 0.3) is 0 Å². The first-order valence-corrected chi connectivity index (χ1v) is 11.3. The van der Waals surface area contributed by atoms with Crippen LogP contribution in [0.5, 0.6) is 0 Å². The molecule has 1 aromatic rings. The molecule has 7 heteroatoms. The molecule has 0 aliphatic heterocycles. The van der Waals surface area contributed by atoms with Crippen LogP contribution in [0.4, 0.5) is 4.79 Å². The lowest BCUT2D eigenvalue weighted by molar-refractivity contribution is -0.168. The lowest BCUT2D eigenvalue weighted by Crippen LogP contribution is -2.42. The molecule has 0 saturated heterocycles. The minimum Gasteiger partial charge on any atom is -0.461 e. The van der Waals surface area contributed by atoms with Gasteiger partial charge < -0.3 is 19.5 Å². The third kappa shape index (κ3) is 8.99. The zero-order valence-electron chi connectivity index (χ0n) is 18.7. The van der Waals surface area contributed by atoms with E-state index in [0.717, 1.165) is 37.7 Å². The summed E-state index contributed by atoms with van der Waals surface area (Å²) in [6.45, 7) is 4.18. The van der Waals surface area contributed by atoms with Crippen molar-refractivity contribution < 1.29 is 28.6 Å². The number of carbonyl (C=O) groups is 3. The number of ether oxygens (including phenoxy) is 3. The fraction of sp³-hybridized carbons (Fsp3) is 0.625. The highest BCUT2D eigenvalue weighted by Gasteiger charge is 2.35. The second kappa shape index (κ2) is 13.0. The van der Waals surface area contributed by atoms with Crippen molar-refractivity contribution in [2.24, 2.45) is 5.41 Å². The van der Waals surface area contributed by atoms with Crippen LogP contribution in [0.3, 0.4) is 0 Å². The Morgan fingerprint density at radius 3 is 2.35 bits per heavy atom. The van der Waals surface area contributed by atoms with Crippen LogP contribution in [-0.2, 0) is 30.4 Å². The lowest BCUT2D eigenvalue weighted by Gasteiger charge is -2.36. The molecule has 1 amide bonds. The molecule has 0 spiro atoms. The van der Waals surface area contributed by atoms with Gasteiger partial charge >= 0.3 is 18.0 Å². The van der Waals surface area contributed by atoms with Gasteiger partial charge in [-0.05, 0) is 30.2 Å². The quantitative estimate of drug-likeness (QED) is 0.395. The maximum atomic E-state index is 12.5. The first kappa shape index (κ1) is 24.7. The van der Waals surface area contributed by atoms with E-state index in [4.69, 9.17) is 14.2 Å². The van der Waals surface area contributed by atoms with Crippen molar-refractivity contribution in [3.63, 3.8) is 0 Å². The molecule has 1 fully saturated rings. The summed E-state index contributed by atoms with van der Waals surface area (Å²) in [7, 11) is 0. The largest absolute Gasteiger partial charge is 0.461 e. The van der Waals surface area contributed by atoms with E-state index in [2.05, 4.69) is 5.32 Å². The van der Waals surface area contributed by atoms with Gasteiger partial charge in [0.05, 0.1) is 6.42 Å². The molecule has 31 heavy (non-hydrogen) atoms. The molecule has 0 heterocycles. The van der Waals surface area contributed by atoms with E-state index in [1.54, 1.807) is 6.92 Å². The summed E-state index contributed by atoms with van der Waals surface area (Å²) in [5.41, 5.74) is 0.601. The monoisotopic (exact) mass is 433 g/mol. The number of benzene rings is 1. The third-order valence-electron chi connectivity index (χ3n) is 5.60. The van der Waals surface area contributed by atoms with E-state index in [1.807, 2.05) is 37.3 Å². The predicted octanol–water partition coefficient (Wildman–Crippen LogP) is 4.88. The number of nitrogens with one attached hydrogen (secondary N) is 1. The van der Waals surface area contributed by atoms with E-state index in [0.29, 0.717) is 19.4 Å². The number of amides is 1. The molecule has 0 aromatic heterocycles. The van der Waals surface area contributed by atoms with Gasteiger partial charge in [0, 0.05) is 19.4 Å². The van der Waals surface area contributed by atoms with Crippen molar-refractivity contribution in [1.29, 1.82) is 0 Å². The van der Waals surface area contributed by atoms with Crippen LogP contribution in [0.1, 0.15) is 77.2 Å². The minimum atomic E-state index is -0.893. The molecular formula is C24H35NO6. The molecule has 2 rings (SSSR count). The zero-order valence-corrected chi connectivity index (χ0v) is 18.7. The van der Waals surface area contributed by atoms with Gasteiger partial charge in [-0.3, -0.25) is 9.59 Å². The van der Waals surface area contributed by atoms with Gasteiger partial charge in [0.2, 0.25) is 6.29 Å². The van der Waals surface area contributed by atoms with E-state index >= 15 is 0 Å². The van der Waals surface area contributed by atoms with Crippen LogP contribution in [0, 0.1) is 5.41 Å². The molecule has 172 valence electrons. The summed E-state index contributed by atoms with van der Waals surface area (Å²) in [5, 5.41) is 2.79. The smallest absolute Gasteiger partial charge is 0.410 e. The van der Waals surface area contributed by atoms with Crippen molar-refractivity contribution in [3.8, 4) is 0 Å². The van der Waals surface area contributed by atoms with Crippen molar-refractivity contribution in [2.45, 2.75) is 84.5 Å². The van der Waals surface area contributed by atoms with E-state index in [1.165, 1.54) is 0 Å². The van der Waals surface area contributed by atoms with Crippen LogP contribution in [-0.4, -0.2) is 30.9 Å². The van der Waals surface area contributed by atoms with Gasteiger partial charge in [-0.1, -0.05) is 63.4 Å². The highest BCUT2D eigenvalue weighted by atomic mass is 16.7. The Morgan fingerprint density at radius 2 is 1.71 bits per heavy atom. The second-order valence-corrected chi connectivity index (χ2v) is 8.20. The Kier molecular flexibility index (Phi) is 10.3. The number of carbonyl (C=O) groups excluding carboxylic acids is 3. The number of rotatable bonds is 11. The van der Waals surface area contributed by atoms with Gasteiger partial charge in [-0.15, -0.1) is 0 Å². The average Bonchev–Trinajstić information content (AvgIpc) is 2.78. The predicted molar refractivity (Wildman–Crippen MR) is 116 cm³/mol. The van der Waals surface area contributed by atoms with E-state index in [-0.39, 0.29) is 30.8 Å². The summed E-state index contributed by atoms with van der Waals surface area (Å²) >= 11 is 0. The molecule has 1 saturated carbocycles. The molecule has 1 N–H and O–H groups in total. The van der Waals surface area contributed by atoms with E-state index in [9.17, 15) is 14.4 Å². The summed E-state index contributed by atoms with van der Waals surface area (Å²) in [6.07, 6.45) is 4.93. The zero-order chi connectivity index (χ0) is 22.5. The summed E-state index contributed by atoms with van der Waals surface area (Å²) in [6, 6.07) is 9.57. The van der Waals surface area contributed by atoms with Crippen molar-refractivity contribution in [1.82, 2.24) is 5.32 Å². The van der Waals surface area contributed by atoms with E-state index < -0.39 is 18.4 Å². The molecule has 0 radical (unpaired) electrons. The minimum absolute atomic E-state index is 0.222. The highest BCUT2D eigenvalue weighted by Crippen LogP contribution is 2.39. The maximum Gasteiger partial charge on any atom is 0.410 e. The van der Waals surface area contributed by atoms with Crippen LogP contribution < -0.4 is 5.32 Å². The van der Waals surface area contributed by atoms with Gasteiger partial charge in [-0.2, -0.15) is 0 Å². The number of alkyl carbamates (subject to hydrolysis) is 1. The Morgan fingerprint density at radius 1 is 1.00 bits per heavy atom. The molecule has 1 atom stereocenters. The fourth-order valence-electron chi connectivity index (χ4n) is 3.84. The van der Waals surface area contributed by atoms with Crippen molar-refractivity contribution in [3.05, 3.63) is 35.9 Å². The van der Waals surface area contributed by atoms with Gasteiger partial charge in [-0.25, -0.2) is 4.79 Å². The molecule has 1 aliphatic carbocycles. The highest BCUT2D eigenvalue weighted by molar-refractivity contribution is 5.71. The van der Waals surface area contributed by atoms with Gasteiger partial charge in [0.15, 0.2) is 0 Å². The third-order valence-corrected chi connectivity index (χ3v) is 5.60. The topological polar surface area (TPSA) is 90.9 Å². The number of esters is 2. The first-order valence-electron chi connectivity index (χ1n) is 11.3. The summed E-state index contributed by atoms with van der Waals surface area (Å²) in [4.78, 5) is 36.4. The maximum absolute atomic E-state index is 12.5. The standard InChI is InChI=1S/C24H35NO6/c1-3-11-22(30-20(26)4-2)31-23(28)25-18-24(14-9-6-10-15-24)16-21(27)29-17-19-12-7-5-8-13-19/h5,7-8,12-13,22H,3-4,6,9-11,14-18H2,1-2H3,(H,25,28). The lowest BCUT2D eigenvalue weighted by atomic mass is 9.71. The number of hydrogen-bond donors (Lipinski definition) is 1. The van der Waals surface area contributed by atoms with Crippen LogP contribution in [0.15, 0.2) is 30.3 Å². The fourth-order valence-corrected chi connectivity index (χ4v) is 3.84. The normalized spacial score (nSPS) is 16.1. The molecule has 0 bridgehead atoms. The molecule has 1 aliphatic rings. The van der Waals surface area contributed by atoms with Crippen LogP contribution >= 0.6 is 0 Å². The summed E-state index contributed by atoms with van der Waals surface area (Å²) < 4.78 is 15.9. The SMILES string of the molecule is CCCC(OC(=O)CC)OC(=O)NCC1(CC(=O)OCc2ccccc2)CCCCC1. The first-order chi connectivity index (χ1) is 15.0. The van der Waals surface area contributed by atoms with Crippen LogP contribution in [0.2, 0.25) is 0 Å². The second-order valence-electron chi connectivity index (χ2n) is 8.20. The molecule has 7 nitrogen and oxygen atoms in total. The molecule has 1 aromatic carbocycles. The Hall–Kier alpha value is -2.57. The van der Waals surface area contributed by atoms with Crippen LogP contribution in [0.25, 0.3) is 0 Å². The Labute approximate surface area is 184 Å². The summed E-state index contributed by atoms with van der Waals surface area (Å²) in [5.74, 6) is -0.669. The Bertz CT molecular complexity index is 699. The molecule has 1 unspecified atom stereocenters. The van der Waals surface area contributed by atoms with Gasteiger partial charge in [0.1, 0.15) is 6.61 Å².